The van der Waals surface area contributed by atoms with Gasteiger partial charge < -0.3 is 10.1 Å². The molecule has 0 saturated carbocycles. The van der Waals surface area contributed by atoms with Crippen LogP contribution in [0.2, 0.25) is 0 Å². The molecule has 1 saturated heterocycles. The van der Waals surface area contributed by atoms with Crippen LogP contribution in [-0.2, 0) is 19.4 Å². The van der Waals surface area contributed by atoms with Crippen LogP contribution in [0.5, 0.6) is 0 Å². The maximum Gasteiger partial charge on any atom is 0.348 e. The molecule has 1 aromatic heterocycles. The fraction of sp³-hybridized carbons (Fsp3) is 0.375. The third kappa shape index (κ3) is 3.98. The molecule has 1 N–H and O–H groups in total. The second-order valence-electron chi connectivity index (χ2n) is 6.29. The lowest BCUT2D eigenvalue weighted by atomic mass is 10.0. The highest BCUT2D eigenvalue weighted by atomic mass is 32.2. The molecule has 0 spiro atoms. The molecule has 1 fully saturated rings. The molecule has 2 aromatic rings. The van der Waals surface area contributed by atoms with E-state index in [9.17, 15) is 22.4 Å². The number of sulfone groups is 1. The molecule has 1 atom stereocenters. The number of amides is 1. The van der Waals surface area contributed by atoms with Crippen LogP contribution in [0.25, 0.3) is 10.1 Å². The fourth-order valence-electron chi connectivity index (χ4n) is 2.81. The third-order valence-electron chi connectivity index (χ3n) is 3.99. The number of rotatable bonds is 4. The normalized spacial score (nSPS) is 22.0. The Hall–Kier alpha value is -2.00. The number of ether oxygens (including phenoxy) is 1. The molecule has 0 unspecified atom stereocenters. The average molecular weight is 385 g/mol. The summed E-state index contributed by atoms with van der Waals surface area (Å²) in [7, 11) is -3.15. The summed E-state index contributed by atoms with van der Waals surface area (Å²) in [6.07, 6.45) is 0.324. The molecular weight excluding hydrogens is 369 g/mol. The van der Waals surface area contributed by atoms with E-state index in [1.807, 2.05) is 0 Å². The molecule has 1 aliphatic heterocycles. The van der Waals surface area contributed by atoms with Gasteiger partial charge in [-0.05, 0) is 31.5 Å². The van der Waals surface area contributed by atoms with Gasteiger partial charge in [0, 0.05) is 10.1 Å². The summed E-state index contributed by atoms with van der Waals surface area (Å²) in [5.74, 6) is -1.83. The second-order valence-corrected chi connectivity index (χ2v) is 9.56. The zero-order valence-corrected chi connectivity index (χ0v) is 15.0. The topological polar surface area (TPSA) is 89.5 Å². The molecule has 25 heavy (non-hydrogen) atoms. The maximum absolute atomic E-state index is 13.7. The Morgan fingerprint density at radius 3 is 2.80 bits per heavy atom. The Morgan fingerprint density at radius 1 is 1.40 bits per heavy atom. The number of esters is 1. The van der Waals surface area contributed by atoms with E-state index in [2.05, 4.69) is 5.32 Å². The van der Waals surface area contributed by atoms with E-state index < -0.39 is 39.7 Å². The van der Waals surface area contributed by atoms with Gasteiger partial charge in [-0.25, -0.2) is 17.6 Å². The summed E-state index contributed by atoms with van der Waals surface area (Å²) >= 11 is 1.08. The van der Waals surface area contributed by atoms with Gasteiger partial charge in [0.25, 0.3) is 5.91 Å². The first kappa shape index (κ1) is 17.8. The van der Waals surface area contributed by atoms with E-state index in [0.29, 0.717) is 16.5 Å². The first-order valence-electron chi connectivity index (χ1n) is 7.54. The summed E-state index contributed by atoms with van der Waals surface area (Å²) in [6.45, 7) is 1.12. The van der Waals surface area contributed by atoms with Crippen LogP contribution in [0.1, 0.15) is 23.0 Å². The minimum absolute atomic E-state index is 0.0247. The zero-order valence-electron chi connectivity index (χ0n) is 13.4. The molecule has 134 valence electrons. The van der Waals surface area contributed by atoms with Crippen LogP contribution in [0.4, 0.5) is 4.39 Å². The van der Waals surface area contributed by atoms with Gasteiger partial charge in [-0.3, -0.25) is 4.79 Å². The van der Waals surface area contributed by atoms with E-state index in [-0.39, 0.29) is 16.4 Å². The molecule has 0 bridgehead atoms. The van der Waals surface area contributed by atoms with Gasteiger partial charge in [0.2, 0.25) is 0 Å². The Kier molecular flexibility index (Phi) is 4.54. The predicted octanol–water partition coefficient (Wildman–Crippen LogP) is 1.89. The van der Waals surface area contributed by atoms with Crippen molar-refractivity contribution >= 4 is 43.1 Å². The van der Waals surface area contributed by atoms with Crippen LogP contribution in [-0.4, -0.2) is 43.9 Å². The van der Waals surface area contributed by atoms with Crippen molar-refractivity contribution in [1.29, 1.82) is 0 Å². The minimum atomic E-state index is -3.15. The Labute approximate surface area is 147 Å². The molecule has 2 heterocycles. The smallest absolute Gasteiger partial charge is 0.348 e. The molecule has 6 nitrogen and oxygen atoms in total. The summed E-state index contributed by atoms with van der Waals surface area (Å²) < 4.78 is 42.3. The van der Waals surface area contributed by atoms with Crippen LogP contribution in [0, 0.1) is 5.82 Å². The van der Waals surface area contributed by atoms with Gasteiger partial charge in [0.05, 0.1) is 17.0 Å². The molecular formula is C16H16FNO5S2. The van der Waals surface area contributed by atoms with Crippen molar-refractivity contribution < 1.29 is 27.1 Å². The highest BCUT2D eigenvalue weighted by Crippen LogP contribution is 2.28. The first-order chi connectivity index (χ1) is 11.7. The van der Waals surface area contributed by atoms with Crippen molar-refractivity contribution in [2.75, 3.05) is 18.1 Å². The van der Waals surface area contributed by atoms with E-state index in [1.54, 1.807) is 19.1 Å². The third-order valence-corrected chi connectivity index (χ3v) is 6.97. The largest absolute Gasteiger partial charge is 0.451 e. The summed E-state index contributed by atoms with van der Waals surface area (Å²) in [5, 5.41) is 2.93. The Bertz CT molecular complexity index is 953. The minimum Gasteiger partial charge on any atom is -0.451 e. The van der Waals surface area contributed by atoms with Gasteiger partial charge in [0.15, 0.2) is 16.4 Å². The number of hydrogen-bond acceptors (Lipinski definition) is 6. The molecule has 3 rings (SSSR count). The maximum atomic E-state index is 13.7. The fourth-order valence-corrected chi connectivity index (χ4v) is 5.87. The summed E-state index contributed by atoms with van der Waals surface area (Å²) in [4.78, 5) is 24.2. The van der Waals surface area contributed by atoms with E-state index in [1.165, 1.54) is 12.1 Å². The Morgan fingerprint density at radius 2 is 2.16 bits per heavy atom. The van der Waals surface area contributed by atoms with Crippen molar-refractivity contribution in [3.8, 4) is 0 Å². The monoisotopic (exact) mass is 385 g/mol. The summed E-state index contributed by atoms with van der Waals surface area (Å²) in [5.41, 5.74) is -0.844. The van der Waals surface area contributed by atoms with Gasteiger partial charge in [-0.1, -0.05) is 6.07 Å². The molecule has 9 heteroatoms. The summed E-state index contributed by atoms with van der Waals surface area (Å²) in [6, 6.07) is 5.93. The van der Waals surface area contributed by atoms with Crippen LogP contribution < -0.4 is 5.32 Å². The molecule has 1 aliphatic rings. The van der Waals surface area contributed by atoms with Crippen molar-refractivity contribution in [2.24, 2.45) is 0 Å². The molecule has 0 aliphatic carbocycles. The number of carbonyl (C=O) groups is 2. The lowest BCUT2D eigenvalue weighted by molar-refractivity contribution is -0.125. The second kappa shape index (κ2) is 6.38. The lowest BCUT2D eigenvalue weighted by Gasteiger charge is -2.23. The van der Waals surface area contributed by atoms with Crippen molar-refractivity contribution in [3.05, 3.63) is 35.0 Å². The van der Waals surface area contributed by atoms with Gasteiger partial charge in [-0.2, -0.15) is 0 Å². The Balaban J connectivity index is 1.60. The quantitative estimate of drug-likeness (QED) is 0.812. The number of halogens is 1. The highest BCUT2D eigenvalue weighted by Gasteiger charge is 2.39. The SMILES string of the molecule is C[C@]1(NC(=O)COC(=O)c2cc3c(F)cccc3s2)CCS(=O)(=O)C1. The van der Waals surface area contributed by atoms with Crippen LogP contribution >= 0.6 is 11.3 Å². The number of nitrogens with one attached hydrogen (secondary N) is 1. The van der Waals surface area contributed by atoms with E-state index >= 15 is 0 Å². The molecule has 1 amide bonds. The number of carbonyl (C=O) groups excluding carboxylic acids is 2. The van der Waals surface area contributed by atoms with E-state index in [0.717, 1.165) is 11.3 Å². The average Bonchev–Trinajstić information content (AvgIpc) is 3.07. The van der Waals surface area contributed by atoms with Crippen LogP contribution in [0.15, 0.2) is 24.3 Å². The molecule has 1 aromatic carbocycles. The number of benzene rings is 1. The predicted molar refractivity (Wildman–Crippen MR) is 91.9 cm³/mol. The van der Waals surface area contributed by atoms with Crippen molar-refractivity contribution in [2.45, 2.75) is 18.9 Å². The van der Waals surface area contributed by atoms with Gasteiger partial charge >= 0.3 is 5.97 Å². The first-order valence-corrected chi connectivity index (χ1v) is 10.2. The van der Waals surface area contributed by atoms with Gasteiger partial charge in [-0.15, -0.1) is 11.3 Å². The highest BCUT2D eigenvalue weighted by molar-refractivity contribution is 7.91. The number of thiophene rings is 1. The van der Waals surface area contributed by atoms with Gasteiger partial charge in [0.1, 0.15) is 10.7 Å². The molecule has 0 radical (unpaired) electrons. The standard InChI is InChI=1S/C16H16FNO5S2/c1-16(5-6-25(21,22)9-16)18-14(19)8-23-15(20)13-7-10-11(17)3-2-4-12(10)24-13/h2-4,7H,5-6,8-9H2,1H3,(H,18,19)/t16-/m0/s1. The number of hydrogen-bond donors (Lipinski definition) is 1. The van der Waals surface area contributed by atoms with Crippen LogP contribution in [0.3, 0.4) is 0 Å². The van der Waals surface area contributed by atoms with Crippen molar-refractivity contribution in [3.63, 3.8) is 0 Å². The lowest BCUT2D eigenvalue weighted by Crippen LogP contribution is -2.48. The van der Waals surface area contributed by atoms with Crippen molar-refractivity contribution in [1.82, 2.24) is 5.32 Å². The zero-order chi connectivity index (χ0) is 18.2. The van der Waals surface area contributed by atoms with E-state index in [4.69, 9.17) is 4.74 Å². The number of fused-ring (bicyclic) bond motifs is 1.